The van der Waals surface area contributed by atoms with E-state index in [2.05, 4.69) is 53.2 Å². The Hall–Kier alpha value is -1.15. The SMILES string of the molecule is CCN(CC)C(=S)SCC(=O)NCC1CN(Cc2ccccc2)CCO1. The van der Waals surface area contributed by atoms with E-state index in [9.17, 15) is 4.79 Å². The number of hydrogen-bond donors (Lipinski definition) is 1. The van der Waals surface area contributed by atoms with Gasteiger partial charge in [0.25, 0.3) is 0 Å². The Kier molecular flexibility index (Phi) is 9.39. The zero-order valence-electron chi connectivity index (χ0n) is 15.6. The average molecular weight is 396 g/mol. The summed E-state index contributed by atoms with van der Waals surface area (Å²) in [6, 6.07) is 10.4. The number of amides is 1. The Balaban J connectivity index is 1.68. The summed E-state index contributed by atoms with van der Waals surface area (Å²) in [5.41, 5.74) is 1.30. The number of carbonyl (C=O) groups is 1. The van der Waals surface area contributed by atoms with Crippen LogP contribution in [-0.4, -0.2) is 71.2 Å². The van der Waals surface area contributed by atoms with Crippen molar-refractivity contribution in [3.05, 3.63) is 35.9 Å². The molecule has 1 aliphatic heterocycles. The molecule has 26 heavy (non-hydrogen) atoms. The maximum atomic E-state index is 12.1. The van der Waals surface area contributed by atoms with Crippen molar-refractivity contribution in [3.8, 4) is 0 Å². The maximum absolute atomic E-state index is 12.1. The van der Waals surface area contributed by atoms with Gasteiger partial charge in [-0.2, -0.15) is 0 Å². The number of thioether (sulfide) groups is 1. The Morgan fingerprint density at radius 1 is 1.35 bits per heavy atom. The molecule has 1 heterocycles. The van der Waals surface area contributed by atoms with Crippen LogP contribution < -0.4 is 5.32 Å². The van der Waals surface area contributed by atoms with Crippen LogP contribution in [0.2, 0.25) is 0 Å². The third kappa shape index (κ3) is 7.23. The molecule has 7 heteroatoms. The van der Waals surface area contributed by atoms with Crippen molar-refractivity contribution in [1.82, 2.24) is 15.1 Å². The molecule has 1 aliphatic rings. The molecule has 0 aliphatic carbocycles. The van der Waals surface area contributed by atoms with Gasteiger partial charge >= 0.3 is 0 Å². The standard InChI is InChI=1S/C19H29N3O2S2/c1-3-22(4-2)19(25)26-15-18(23)20-12-17-14-21(10-11-24-17)13-16-8-6-5-7-9-16/h5-9,17H,3-4,10-15H2,1-2H3,(H,20,23). The normalized spacial score (nSPS) is 17.7. The van der Waals surface area contributed by atoms with E-state index in [-0.39, 0.29) is 12.0 Å². The molecule has 1 saturated heterocycles. The molecule has 0 saturated carbocycles. The molecule has 0 bridgehead atoms. The van der Waals surface area contributed by atoms with Crippen molar-refractivity contribution < 1.29 is 9.53 Å². The predicted octanol–water partition coefficient (Wildman–Crippen LogP) is 2.36. The van der Waals surface area contributed by atoms with Crippen LogP contribution in [0.1, 0.15) is 19.4 Å². The summed E-state index contributed by atoms with van der Waals surface area (Å²) in [4.78, 5) is 16.5. The molecule has 1 atom stereocenters. The third-order valence-corrected chi connectivity index (χ3v) is 5.87. The molecule has 5 nitrogen and oxygen atoms in total. The number of thiocarbonyl (C=S) groups is 1. The van der Waals surface area contributed by atoms with Gasteiger partial charge in [0.2, 0.25) is 5.91 Å². The fourth-order valence-corrected chi connectivity index (χ4v) is 4.10. The number of nitrogens with zero attached hydrogens (tertiary/aromatic N) is 2. The quantitative estimate of drug-likeness (QED) is 0.682. The van der Waals surface area contributed by atoms with Crippen molar-refractivity contribution in [2.24, 2.45) is 0 Å². The summed E-state index contributed by atoms with van der Waals surface area (Å²) < 4.78 is 6.58. The van der Waals surface area contributed by atoms with Crippen LogP contribution in [0, 0.1) is 0 Å². The van der Waals surface area contributed by atoms with E-state index >= 15 is 0 Å². The molecule has 1 fully saturated rings. The molecule has 1 aromatic rings. The molecule has 0 aromatic heterocycles. The Morgan fingerprint density at radius 3 is 2.77 bits per heavy atom. The monoisotopic (exact) mass is 395 g/mol. The van der Waals surface area contributed by atoms with Crippen molar-refractivity contribution in [1.29, 1.82) is 0 Å². The number of ether oxygens (including phenoxy) is 1. The first kappa shape index (κ1) is 21.2. The average Bonchev–Trinajstić information content (AvgIpc) is 2.67. The van der Waals surface area contributed by atoms with E-state index in [1.165, 1.54) is 17.3 Å². The van der Waals surface area contributed by atoms with E-state index < -0.39 is 0 Å². The van der Waals surface area contributed by atoms with E-state index in [1.54, 1.807) is 0 Å². The van der Waals surface area contributed by atoms with Crippen molar-refractivity contribution in [3.63, 3.8) is 0 Å². The molecule has 1 N–H and O–H groups in total. The first-order valence-corrected chi connectivity index (χ1v) is 10.6. The fraction of sp³-hybridized carbons (Fsp3) is 0.579. The second-order valence-corrected chi connectivity index (χ2v) is 7.85. The fourth-order valence-electron chi connectivity index (χ4n) is 2.87. The molecule has 1 amide bonds. The minimum absolute atomic E-state index is 0.00767. The van der Waals surface area contributed by atoms with Crippen LogP contribution >= 0.6 is 24.0 Å². The summed E-state index contributed by atoms with van der Waals surface area (Å²) in [7, 11) is 0. The summed E-state index contributed by atoms with van der Waals surface area (Å²) in [5, 5.41) is 2.98. The van der Waals surface area contributed by atoms with Gasteiger partial charge in [0.05, 0.1) is 18.5 Å². The third-order valence-electron chi connectivity index (χ3n) is 4.35. The van der Waals surface area contributed by atoms with Crippen LogP contribution in [0.3, 0.4) is 0 Å². The minimum atomic E-state index is 0.00767. The van der Waals surface area contributed by atoms with Crippen molar-refractivity contribution >= 4 is 34.2 Å². The number of benzene rings is 1. The number of nitrogens with one attached hydrogen (secondary N) is 1. The zero-order chi connectivity index (χ0) is 18.8. The van der Waals surface area contributed by atoms with Crippen LogP contribution in [0.25, 0.3) is 0 Å². The van der Waals surface area contributed by atoms with Gasteiger partial charge in [-0.15, -0.1) is 0 Å². The smallest absolute Gasteiger partial charge is 0.230 e. The number of rotatable bonds is 8. The van der Waals surface area contributed by atoms with E-state index in [1.807, 2.05) is 6.07 Å². The topological polar surface area (TPSA) is 44.8 Å². The molecule has 0 radical (unpaired) electrons. The van der Waals surface area contributed by atoms with Crippen LogP contribution in [0.5, 0.6) is 0 Å². The number of carbonyl (C=O) groups excluding carboxylic acids is 1. The van der Waals surface area contributed by atoms with Gasteiger partial charge in [-0.05, 0) is 19.4 Å². The lowest BCUT2D eigenvalue weighted by Crippen LogP contribution is -2.47. The minimum Gasteiger partial charge on any atom is -0.374 e. The molecule has 1 aromatic carbocycles. The van der Waals surface area contributed by atoms with Gasteiger partial charge in [0, 0.05) is 39.3 Å². The van der Waals surface area contributed by atoms with Crippen molar-refractivity contribution in [2.75, 3.05) is 45.1 Å². The molecule has 2 rings (SSSR count). The summed E-state index contributed by atoms with van der Waals surface area (Å²) in [5.74, 6) is 0.365. The first-order valence-electron chi connectivity index (χ1n) is 9.18. The van der Waals surface area contributed by atoms with E-state index in [0.717, 1.165) is 37.0 Å². The van der Waals surface area contributed by atoms with Crippen molar-refractivity contribution in [2.45, 2.75) is 26.5 Å². The number of morpholine rings is 1. The first-order chi connectivity index (χ1) is 12.6. The van der Waals surface area contributed by atoms with Crippen LogP contribution in [0.15, 0.2) is 30.3 Å². The lowest BCUT2D eigenvalue weighted by molar-refractivity contribution is -0.119. The Labute approximate surface area is 166 Å². The molecular formula is C19H29N3O2S2. The predicted molar refractivity (Wildman–Crippen MR) is 112 cm³/mol. The second kappa shape index (κ2) is 11.5. The zero-order valence-corrected chi connectivity index (χ0v) is 17.3. The van der Waals surface area contributed by atoms with E-state index in [0.29, 0.717) is 18.9 Å². The van der Waals surface area contributed by atoms with Gasteiger partial charge in [-0.1, -0.05) is 54.3 Å². The lowest BCUT2D eigenvalue weighted by atomic mass is 10.2. The number of hydrogen-bond acceptors (Lipinski definition) is 5. The highest BCUT2D eigenvalue weighted by atomic mass is 32.2. The highest BCUT2D eigenvalue weighted by Crippen LogP contribution is 2.11. The maximum Gasteiger partial charge on any atom is 0.230 e. The molecule has 1 unspecified atom stereocenters. The van der Waals surface area contributed by atoms with Gasteiger partial charge in [0.15, 0.2) is 0 Å². The van der Waals surface area contributed by atoms with Gasteiger partial charge < -0.3 is 15.0 Å². The van der Waals surface area contributed by atoms with Crippen LogP contribution in [-0.2, 0) is 16.1 Å². The second-order valence-electron chi connectivity index (χ2n) is 6.24. The lowest BCUT2D eigenvalue weighted by Gasteiger charge is -2.33. The van der Waals surface area contributed by atoms with Crippen LogP contribution in [0.4, 0.5) is 0 Å². The highest BCUT2D eigenvalue weighted by molar-refractivity contribution is 8.23. The molecular weight excluding hydrogens is 366 g/mol. The summed E-state index contributed by atoms with van der Waals surface area (Å²) >= 11 is 6.78. The van der Waals surface area contributed by atoms with Gasteiger partial charge in [-0.3, -0.25) is 9.69 Å². The highest BCUT2D eigenvalue weighted by Gasteiger charge is 2.21. The largest absolute Gasteiger partial charge is 0.374 e. The summed E-state index contributed by atoms with van der Waals surface area (Å²) in [6.07, 6.45) is 0.0381. The molecule has 0 spiro atoms. The Bertz CT molecular complexity index is 567. The Morgan fingerprint density at radius 2 is 2.08 bits per heavy atom. The van der Waals surface area contributed by atoms with E-state index in [4.69, 9.17) is 17.0 Å². The summed E-state index contributed by atoms with van der Waals surface area (Å²) in [6.45, 7) is 9.80. The van der Waals surface area contributed by atoms with Gasteiger partial charge in [-0.25, -0.2) is 0 Å². The molecule has 144 valence electrons. The van der Waals surface area contributed by atoms with Gasteiger partial charge in [0.1, 0.15) is 4.32 Å².